The Morgan fingerprint density at radius 1 is 1.30 bits per heavy atom. The summed E-state index contributed by atoms with van der Waals surface area (Å²) in [4.78, 5) is 14.2. The fourth-order valence-electron chi connectivity index (χ4n) is 3.32. The van der Waals surface area contributed by atoms with Crippen molar-refractivity contribution in [1.82, 2.24) is 4.90 Å². The number of rotatable bonds is 5. The minimum atomic E-state index is -0.275. The summed E-state index contributed by atoms with van der Waals surface area (Å²) in [6, 6.07) is 6.24. The second-order valence-corrected chi connectivity index (χ2v) is 6.36. The van der Waals surface area contributed by atoms with Crippen LogP contribution in [0.3, 0.4) is 0 Å². The summed E-state index contributed by atoms with van der Waals surface area (Å²) < 4.78 is 24.1. The summed E-state index contributed by atoms with van der Waals surface area (Å²) in [7, 11) is 0. The number of hydrogen-bond acceptors (Lipinski definition) is 3. The fraction of sp³-hybridized carbons (Fsp3) is 0.611. The SMILES string of the molecule is O=C([C@H]1CCCO1)N1CCC(CCOc2cccc(F)c2)CC1. The van der Waals surface area contributed by atoms with Crippen LogP contribution in [0.1, 0.15) is 32.1 Å². The topological polar surface area (TPSA) is 38.8 Å². The van der Waals surface area contributed by atoms with Crippen molar-refractivity contribution < 1.29 is 18.7 Å². The lowest BCUT2D eigenvalue weighted by Crippen LogP contribution is -2.43. The van der Waals surface area contributed by atoms with Gasteiger partial charge in [0.1, 0.15) is 17.7 Å². The second kappa shape index (κ2) is 7.77. The molecule has 0 aliphatic carbocycles. The summed E-state index contributed by atoms with van der Waals surface area (Å²) in [5, 5.41) is 0. The third-order valence-electron chi connectivity index (χ3n) is 4.72. The molecule has 126 valence electrons. The number of ether oxygens (including phenoxy) is 2. The number of halogens is 1. The van der Waals surface area contributed by atoms with Gasteiger partial charge in [0.25, 0.3) is 5.91 Å². The number of amides is 1. The van der Waals surface area contributed by atoms with Gasteiger partial charge in [0.15, 0.2) is 0 Å². The van der Waals surface area contributed by atoms with E-state index >= 15 is 0 Å². The Kier molecular flexibility index (Phi) is 5.49. The number of carbonyl (C=O) groups excluding carboxylic acids is 1. The molecular weight excluding hydrogens is 297 g/mol. The molecule has 0 spiro atoms. The van der Waals surface area contributed by atoms with Crippen LogP contribution < -0.4 is 4.74 Å². The van der Waals surface area contributed by atoms with E-state index in [1.807, 2.05) is 4.90 Å². The molecule has 0 radical (unpaired) electrons. The van der Waals surface area contributed by atoms with Gasteiger partial charge in [-0.15, -0.1) is 0 Å². The number of nitrogens with zero attached hydrogens (tertiary/aromatic N) is 1. The lowest BCUT2D eigenvalue weighted by atomic mass is 9.93. The first-order valence-corrected chi connectivity index (χ1v) is 8.51. The van der Waals surface area contributed by atoms with Crippen molar-refractivity contribution >= 4 is 5.91 Å². The molecule has 0 bridgehead atoms. The van der Waals surface area contributed by atoms with Crippen LogP contribution in [0, 0.1) is 11.7 Å². The molecule has 1 aromatic rings. The normalized spacial score (nSPS) is 22.3. The Balaban J connectivity index is 1.36. The quantitative estimate of drug-likeness (QED) is 0.837. The second-order valence-electron chi connectivity index (χ2n) is 6.36. The number of likely N-dealkylation sites (tertiary alicyclic amines) is 1. The molecule has 1 aromatic carbocycles. The highest BCUT2D eigenvalue weighted by molar-refractivity contribution is 5.81. The molecule has 2 aliphatic rings. The van der Waals surface area contributed by atoms with E-state index in [2.05, 4.69) is 0 Å². The van der Waals surface area contributed by atoms with Gasteiger partial charge in [-0.1, -0.05) is 6.07 Å². The van der Waals surface area contributed by atoms with Crippen molar-refractivity contribution in [1.29, 1.82) is 0 Å². The molecule has 0 unspecified atom stereocenters. The van der Waals surface area contributed by atoms with E-state index in [1.54, 1.807) is 12.1 Å². The molecule has 1 amide bonds. The maximum atomic E-state index is 13.1. The zero-order chi connectivity index (χ0) is 16.1. The van der Waals surface area contributed by atoms with Gasteiger partial charge in [-0.3, -0.25) is 4.79 Å². The maximum absolute atomic E-state index is 13.1. The van der Waals surface area contributed by atoms with Crippen molar-refractivity contribution in [3.63, 3.8) is 0 Å². The van der Waals surface area contributed by atoms with Crippen LogP contribution in [0.4, 0.5) is 4.39 Å². The average Bonchev–Trinajstić information content (AvgIpc) is 3.09. The molecule has 23 heavy (non-hydrogen) atoms. The van der Waals surface area contributed by atoms with Crippen LogP contribution in [0.25, 0.3) is 0 Å². The predicted molar refractivity (Wildman–Crippen MR) is 84.8 cm³/mol. The molecular formula is C18H24FNO3. The van der Waals surface area contributed by atoms with Gasteiger partial charge < -0.3 is 14.4 Å². The number of carbonyl (C=O) groups is 1. The first-order chi connectivity index (χ1) is 11.2. The maximum Gasteiger partial charge on any atom is 0.251 e. The third kappa shape index (κ3) is 4.44. The Morgan fingerprint density at radius 2 is 2.13 bits per heavy atom. The van der Waals surface area contributed by atoms with Gasteiger partial charge in [-0.25, -0.2) is 4.39 Å². The molecule has 0 saturated carbocycles. The van der Waals surface area contributed by atoms with Gasteiger partial charge in [-0.05, 0) is 50.2 Å². The van der Waals surface area contributed by atoms with Crippen LogP contribution in [-0.4, -0.2) is 43.2 Å². The van der Waals surface area contributed by atoms with Crippen LogP contribution in [-0.2, 0) is 9.53 Å². The molecule has 5 heteroatoms. The Hall–Kier alpha value is -1.62. The average molecular weight is 321 g/mol. The molecule has 4 nitrogen and oxygen atoms in total. The summed E-state index contributed by atoms with van der Waals surface area (Å²) in [5.74, 6) is 1.04. The van der Waals surface area contributed by atoms with E-state index in [-0.39, 0.29) is 17.8 Å². The van der Waals surface area contributed by atoms with Gasteiger partial charge in [0.05, 0.1) is 6.61 Å². The van der Waals surface area contributed by atoms with Crippen LogP contribution in [0.5, 0.6) is 5.75 Å². The summed E-state index contributed by atoms with van der Waals surface area (Å²) in [6.07, 6.45) is 4.60. The standard InChI is InChI=1S/C18H24FNO3/c19-15-3-1-4-16(13-15)22-12-8-14-6-9-20(10-7-14)18(21)17-5-2-11-23-17/h1,3-4,13-14,17H,2,5-12H2/t17-/m1/s1. The predicted octanol–water partition coefficient (Wildman–Crippen LogP) is 3.01. The summed E-state index contributed by atoms with van der Waals surface area (Å²) >= 11 is 0. The lowest BCUT2D eigenvalue weighted by molar-refractivity contribution is -0.142. The number of hydrogen-bond donors (Lipinski definition) is 0. The smallest absolute Gasteiger partial charge is 0.251 e. The Morgan fingerprint density at radius 3 is 2.83 bits per heavy atom. The summed E-state index contributed by atoms with van der Waals surface area (Å²) in [6.45, 7) is 2.92. The molecule has 2 heterocycles. The highest BCUT2D eigenvalue weighted by Gasteiger charge is 2.30. The van der Waals surface area contributed by atoms with E-state index in [0.29, 0.717) is 24.9 Å². The van der Waals surface area contributed by atoms with Crippen molar-refractivity contribution in [2.75, 3.05) is 26.3 Å². The molecule has 0 N–H and O–H groups in total. The summed E-state index contributed by atoms with van der Waals surface area (Å²) in [5.41, 5.74) is 0. The van der Waals surface area contributed by atoms with E-state index < -0.39 is 0 Å². The molecule has 2 saturated heterocycles. The van der Waals surface area contributed by atoms with Crippen LogP contribution in [0.2, 0.25) is 0 Å². The number of benzene rings is 1. The van der Waals surface area contributed by atoms with E-state index in [9.17, 15) is 9.18 Å². The van der Waals surface area contributed by atoms with Crippen LogP contribution >= 0.6 is 0 Å². The first-order valence-electron chi connectivity index (χ1n) is 8.51. The highest BCUT2D eigenvalue weighted by Crippen LogP contribution is 2.24. The Bertz CT molecular complexity index is 523. The molecule has 1 atom stereocenters. The van der Waals surface area contributed by atoms with Gasteiger partial charge in [0.2, 0.25) is 0 Å². The minimum absolute atomic E-state index is 0.164. The van der Waals surface area contributed by atoms with Crippen molar-refractivity contribution in [2.24, 2.45) is 5.92 Å². The molecule has 0 aromatic heterocycles. The minimum Gasteiger partial charge on any atom is -0.493 e. The van der Waals surface area contributed by atoms with Gasteiger partial charge >= 0.3 is 0 Å². The lowest BCUT2D eigenvalue weighted by Gasteiger charge is -2.33. The largest absolute Gasteiger partial charge is 0.493 e. The van der Waals surface area contributed by atoms with Crippen molar-refractivity contribution in [2.45, 2.75) is 38.2 Å². The van der Waals surface area contributed by atoms with Gasteiger partial charge in [-0.2, -0.15) is 0 Å². The van der Waals surface area contributed by atoms with E-state index in [0.717, 1.165) is 45.2 Å². The van der Waals surface area contributed by atoms with Crippen molar-refractivity contribution in [3.8, 4) is 5.75 Å². The monoisotopic (exact) mass is 321 g/mol. The zero-order valence-corrected chi connectivity index (χ0v) is 13.4. The first kappa shape index (κ1) is 16.2. The van der Waals surface area contributed by atoms with E-state index in [4.69, 9.17) is 9.47 Å². The molecule has 2 fully saturated rings. The number of piperidine rings is 1. The van der Waals surface area contributed by atoms with Crippen LogP contribution in [0.15, 0.2) is 24.3 Å². The van der Waals surface area contributed by atoms with E-state index in [1.165, 1.54) is 12.1 Å². The van der Waals surface area contributed by atoms with Gasteiger partial charge in [0, 0.05) is 25.8 Å². The Labute approximate surface area is 136 Å². The molecule has 3 rings (SSSR count). The third-order valence-corrected chi connectivity index (χ3v) is 4.72. The zero-order valence-electron chi connectivity index (χ0n) is 13.4. The van der Waals surface area contributed by atoms with Crippen molar-refractivity contribution in [3.05, 3.63) is 30.1 Å². The molecule has 2 aliphatic heterocycles. The highest BCUT2D eigenvalue weighted by atomic mass is 19.1. The fourth-order valence-corrected chi connectivity index (χ4v) is 3.32.